The van der Waals surface area contributed by atoms with E-state index in [1.165, 1.54) is 4.90 Å². The summed E-state index contributed by atoms with van der Waals surface area (Å²) in [5.74, 6) is -2.47. The summed E-state index contributed by atoms with van der Waals surface area (Å²) in [7, 11) is 0. The molecule has 3 unspecified atom stereocenters. The normalized spacial score (nSPS) is 13.4. The summed E-state index contributed by atoms with van der Waals surface area (Å²) < 4.78 is 11.1. The van der Waals surface area contributed by atoms with Gasteiger partial charge >= 0.3 is 12.1 Å². The molecule has 0 spiro atoms. The Morgan fingerprint density at radius 1 is 0.787 bits per heavy atom. The van der Waals surface area contributed by atoms with Crippen LogP contribution in [-0.2, 0) is 41.5 Å². The van der Waals surface area contributed by atoms with E-state index in [9.17, 15) is 24.0 Å². The third-order valence-electron chi connectivity index (χ3n) is 6.97. The number of aryl methyl sites for hydroxylation is 1. The van der Waals surface area contributed by atoms with Crippen LogP contribution in [0.2, 0.25) is 0 Å². The van der Waals surface area contributed by atoms with Crippen molar-refractivity contribution < 1.29 is 33.4 Å². The third kappa shape index (κ3) is 13.5. The van der Waals surface area contributed by atoms with Gasteiger partial charge in [-0.2, -0.15) is 0 Å². The Morgan fingerprint density at radius 3 is 1.89 bits per heavy atom. The standard InChI is InChI=1S/C36H52N4O7/c1-9-22-40(32(43)27(20-21-29(37)41)39-34(45)47-36(6,7)8)30(26-18-16-24(10-2)17-19-26)31(42)38-28(33(44)46-35(3,4)5)23-25-14-12-11-13-15-25/h11-19,27-28,30H,9-10,20-23H2,1-8H3,(H2,37,41)(H,38,42)(H,39,45). The first-order valence-electron chi connectivity index (χ1n) is 16.2. The first kappa shape index (κ1) is 38.8. The Morgan fingerprint density at radius 2 is 1.38 bits per heavy atom. The van der Waals surface area contributed by atoms with Crippen molar-refractivity contribution in [2.75, 3.05) is 6.54 Å². The number of benzene rings is 2. The van der Waals surface area contributed by atoms with Crippen molar-refractivity contribution >= 4 is 29.8 Å². The lowest BCUT2D eigenvalue weighted by Crippen LogP contribution is -2.55. The number of primary amides is 1. The first-order chi connectivity index (χ1) is 21.9. The Hall–Kier alpha value is -4.41. The molecule has 0 aliphatic rings. The van der Waals surface area contributed by atoms with Crippen molar-refractivity contribution in [2.45, 2.75) is 117 Å². The highest BCUT2D eigenvalue weighted by atomic mass is 16.6. The number of hydrogen-bond acceptors (Lipinski definition) is 7. The number of nitrogens with zero attached hydrogens (tertiary/aromatic N) is 1. The minimum absolute atomic E-state index is 0.106. The molecule has 258 valence electrons. The molecule has 0 saturated carbocycles. The zero-order chi connectivity index (χ0) is 35.4. The smallest absolute Gasteiger partial charge is 0.408 e. The molecule has 2 aromatic carbocycles. The quantitative estimate of drug-likeness (QED) is 0.234. The summed E-state index contributed by atoms with van der Waals surface area (Å²) >= 11 is 0. The van der Waals surface area contributed by atoms with Crippen LogP contribution in [-0.4, -0.2) is 64.5 Å². The van der Waals surface area contributed by atoms with E-state index in [-0.39, 0.29) is 25.8 Å². The number of esters is 1. The summed E-state index contributed by atoms with van der Waals surface area (Å²) in [4.78, 5) is 68.1. The van der Waals surface area contributed by atoms with Crippen molar-refractivity contribution in [3.63, 3.8) is 0 Å². The van der Waals surface area contributed by atoms with Gasteiger partial charge in [0.05, 0.1) is 0 Å². The van der Waals surface area contributed by atoms with Crippen LogP contribution in [0.15, 0.2) is 54.6 Å². The van der Waals surface area contributed by atoms with Gasteiger partial charge < -0.3 is 30.7 Å². The van der Waals surface area contributed by atoms with E-state index in [0.717, 1.165) is 17.5 Å². The highest BCUT2D eigenvalue weighted by molar-refractivity contribution is 5.94. The Bertz CT molecular complexity index is 1350. The molecule has 0 fully saturated rings. The number of alkyl carbamates (subject to hydrolysis) is 1. The molecule has 0 aliphatic heterocycles. The fraction of sp³-hybridized carbons (Fsp3) is 0.528. The molecule has 0 aromatic heterocycles. The molecule has 0 saturated heterocycles. The SMILES string of the molecule is CCCN(C(=O)C(CCC(N)=O)NC(=O)OC(C)(C)C)C(C(=O)NC(Cc1ccccc1)C(=O)OC(C)(C)C)c1ccc(CC)cc1. The summed E-state index contributed by atoms with van der Waals surface area (Å²) in [6, 6.07) is 13.1. The highest BCUT2D eigenvalue weighted by Crippen LogP contribution is 2.25. The molecule has 0 bridgehead atoms. The number of carbonyl (C=O) groups excluding carboxylic acids is 5. The topological polar surface area (TPSA) is 157 Å². The summed E-state index contributed by atoms with van der Waals surface area (Å²) in [6.45, 7) is 14.3. The number of nitrogens with two attached hydrogens (primary N) is 1. The lowest BCUT2D eigenvalue weighted by molar-refractivity contribution is -0.159. The van der Waals surface area contributed by atoms with Crippen molar-refractivity contribution in [3.8, 4) is 0 Å². The van der Waals surface area contributed by atoms with E-state index in [4.69, 9.17) is 15.2 Å². The Balaban J connectivity index is 2.60. The number of amides is 4. The van der Waals surface area contributed by atoms with Gasteiger partial charge in [0.25, 0.3) is 0 Å². The molecule has 2 rings (SSSR count). The minimum atomic E-state index is -1.22. The summed E-state index contributed by atoms with van der Waals surface area (Å²) in [5.41, 5.74) is 6.10. The van der Waals surface area contributed by atoms with E-state index >= 15 is 0 Å². The molecule has 4 amide bonds. The number of nitrogens with one attached hydrogen (secondary N) is 2. The average molecular weight is 653 g/mol. The van der Waals surface area contributed by atoms with Gasteiger partial charge in [-0.3, -0.25) is 14.4 Å². The zero-order valence-electron chi connectivity index (χ0n) is 29.1. The zero-order valence-corrected chi connectivity index (χ0v) is 29.1. The van der Waals surface area contributed by atoms with Crippen molar-refractivity contribution in [3.05, 3.63) is 71.3 Å². The van der Waals surface area contributed by atoms with Gasteiger partial charge in [-0.1, -0.05) is 68.4 Å². The number of hydrogen-bond donors (Lipinski definition) is 3. The van der Waals surface area contributed by atoms with Gasteiger partial charge in [-0.05, 0) is 77.5 Å². The van der Waals surface area contributed by atoms with Gasteiger partial charge in [0, 0.05) is 19.4 Å². The third-order valence-corrected chi connectivity index (χ3v) is 6.97. The lowest BCUT2D eigenvalue weighted by atomic mass is 9.98. The van der Waals surface area contributed by atoms with Gasteiger partial charge in [-0.25, -0.2) is 9.59 Å². The van der Waals surface area contributed by atoms with E-state index in [1.54, 1.807) is 53.7 Å². The highest BCUT2D eigenvalue weighted by Gasteiger charge is 2.38. The van der Waals surface area contributed by atoms with Crippen LogP contribution in [0.1, 0.15) is 97.4 Å². The molecular weight excluding hydrogens is 600 g/mol. The average Bonchev–Trinajstić information content (AvgIpc) is 2.97. The van der Waals surface area contributed by atoms with Crippen LogP contribution in [0.4, 0.5) is 4.79 Å². The van der Waals surface area contributed by atoms with Crippen molar-refractivity contribution in [2.24, 2.45) is 5.73 Å². The fourth-order valence-electron chi connectivity index (χ4n) is 4.88. The predicted molar refractivity (Wildman–Crippen MR) is 180 cm³/mol. The molecule has 47 heavy (non-hydrogen) atoms. The van der Waals surface area contributed by atoms with Gasteiger partial charge in [0.15, 0.2) is 0 Å². The van der Waals surface area contributed by atoms with Gasteiger partial charge in [-0.15, -0.1) is 0 Å². The molecule has 0 heterocycles. The molecule has 0 aliphatic carbocycles. The molecular formula is C36H52N4O7. The van der Waals surface area contributed by atoms with Gasteiger partial charge in [0.1, 0.15) is 29.3 Å². The van der Waals surface area contributed by atoms with E-state index < -0.39 is 59.1 Å². The first-order valence-corrected chi connectivity index (χ1v) is 16.2. The Labute approximate surface area is 278 Å². The number of ether oxygens (including phenoxy) is 2. The maximum absolute atomic E-state index is 14.4. The molecule has 2 aromatic rings. The summed E-state index contributed by atoms with van der Waals surface area (Å²) in [6.07, 6.45) is 0.250. The van der Waals surface area contributed by atoms with Crippen molar-refractivity contribution in [1.29, 1.82) is 0 Å². The predicted octanol–water partition coefficient (Wildman–Crippen LogP) is 4.76. The van der Waals surface area contributed by atoms with Crippen LogP contribution >= 0.6 is 0 Å². The maximum atomic E-state index is 14.4. The van der Waals surface area contributed by atoms with E-state index in [2.05, 4.69) is 10.6 Å². The van der Waals surface area contributed by atoms with Gasteiger partial charge in [0.2, 0.25) is 17.7 Å². The molecule has 0 radical (unpaired) electrons. The largest absolute Gasteiger partial charge is 0.458 e. The van der Waals surface area contributed by atoms with Crippen LogP contribution < -0.4 is 16.4 Å². The van der Waals surface area contributed by atoms with Crippen LogP contribution in [0.5, 0.6) is 0 Å². The van der Waals surface area contributed by atoms with Crippen LogP contribution in [0.25, 0.3) is 0 Å². The second-order valence-corrected chi connectivity index (χ2v) is 13.5. The Kier molecular flexibility index (Phi) is 14.4. The minimum Gasteiger partial charge on any atom is -0.458 e. The lowest BCUT2D eigenvalue weighted by Gasteiger charge is -2.35. The number of rotatable bonds is 15. The fourth-order valence-corrected chi connectivity index (χ4v) is 4.88. The van der Waals surface area contributed by atoms with Crippen molar-refractivity contribution in [1.82, 2.24) is 15.5 Å². The summed E-state index contributed by atoms with van der Waals surface area (Å²) in [5, 5.41) is 5.46. The van der Waals surface area contributed by atoms with Crippen LogP contribution in [0, 0.1) is 0 Å². The molecule has 11 heteroatoms. The number of carbonyl (C=O) groups is 5. The monoisotopic (exact) mass is 652 g/mol. The molecule has 3 atom stereocenters. The van der Waals surface area contributed by atoms with Crippen LogP contribution in [0.3, 0.4) is 0 Å². The maximum Gasteiger partial charge on any atom is 0.408 e. The second kappa shape index (κ2) is 17.5. The van der Waals surface area contributed by atoms with E-state index in [0.29, 0.717) is 12.0 Å². The van der Waals surface area contributed by atoms with E-state index in [1.807, 2.05) is 56.3 Å². The molecule has 4 N–H and O–H groups in total. The second-order valence-electron chi connectivity index (χ2n) is 13.5. The molecule has 11 nitrogen and oxygen atoms in total.